The van der Waals surface area contributed by atoms with Gasteiger partial charge in [-0.2, -0.15) is 4.99 Å². The van der Waals surface area contributed by atoms with Crippen molar-refractivity contribution >= 4 is 29.7 Å². The number of benzene rings is 2. The van der Waals surface area contributed by atoms with E-state index in [1.807, 2.05) is 12.1 Å². The minimum atomic E-state index is -0.436. The molecule has 2 rings (SSSR count). The van der Waals surface area contributed by atoms with Crippen molar-refractivity contribution in [2.75, 3.05) is 13.2 Å². The first kappa shape index (κ1) is 41.4. The van der Waals surface area contributed by atoms with Gasteiger partial charge in [0.25, 0.3) is 6.26 Å². The highest BCUT2D eigenvalue weighted by Gasteiger charge is 2.15. The Morgan fingerprint density at radius 2 is 1.34 bits per heavy atom. The fourth-order valence-electron chi connectivity index (χ4n) is 5.18. The van der Waals surface area contributed by atoms with Crippen molar-refractivity contribution in [2.24, 2.45) is 4.99 Å². The van der Waals surface area contributed by atoms with Crippen LogP contribution in [0, 0.1) is 11.5 Å². The first-order chi connectivity index (χ1) is 24.4. The normalized spacial score (nSPS) is 11.3. The molecule has 0 saturated heterocycles. The van der Waals surface area contributed by atoms with Crippen LogP contribution in [0.25, 0.3) is 0 Å². The third-order valence-electron chi connectivity index (χ3n) is 8.03. The average Bonchev–Trinajstić information content (AvgIpc) is 3.11. The largest absolute Gasteiger partial charge is 0.465 e. The fourth-order valence-corrected chi connectivity index (χ4v) is 5.18. The summed E-state index contributed by atoms with van der Waals surface area (Å²) in [6.45, 7) is 2.69. The second-order valence-electron chi connectivity index (χ2n) is 12.1. The van der Waals surface area contributed by atoms with Gasteiger partial charge in [0.2, 0.25) is 6.08 Å². The van der Waals surface area contributed by atoms with E-state index in [4.69, 9.17) is 24.2 Å². The molecule has 0 amide bonds. The summed E-state index contributed by atoms with van der Waals surface area (Å²) >= 11 is 0. The third kappa shape index (κ3) is 20.6. The van der Waals surface area contributed by atoms with Crippen LogP contribution in [-0.2, 0) is 46.2 Å². The first-order valence-corrected chi connectivity index (χ1v) is 17.9. The van der Waals surface area contributed by atoms with E-state index in [1.54, 1.807) is 42.7 Å². The summed E-state index contributed by atoms with van der Waals surface area (Å²) in [5, 5.41) is 8.56. The van der Waals surface area contributed by atoms with E-state index in [-0.39, 0.29) is 37.5 Å². The van der Waals surface area contributed by atoms with Crippen LogP contribution in [0.15, 0.2) is 65.7 Å². The van der Waals surface area contributed by atoms with Crippen LogP contribution in [-0.4, -0.2) is 43.3 Å². The quantitative estimate of drug-likeness (QED) is 0.0171. The van der Waals surface area contributed by atoms with Gasteiger partial charge in [-0.05, 0) is 67.5 Å². The minimum absolute atomic E-state index is 0.0131. The lowest BCUT2D eigenvalue weighted by molar-refractivity contribution is -0.153. The highest BCUT2D eigenvalue weighted by atomic mass is 16.5. The molecule has 10 heteroatoms. The molecule has 2 aromatic carbocycles. The monoisotopic (exact) mass is 688 g/mol. The van der Waals surface area contributed by atoms with Gasteiger partial charge in [0.05, 0.1) is 31.7 Å². The molecular formula is C40H52N2O8. The highest BCUT2D eigenvalue weighted by molar-refractivity contribution is 5.77. The Morgan fingerprint density at radius 1 is 0.740 bits per heavy atom. The molecule has 2 aromatic rings. The second kappa shape index (κ2) is 27.1. The molecule has 0 unspecified atom stereocenters. The lowest BCUT2D eigenvalue weighted by atomic mass is 10.1. The van der Waals surface area contributed by atoms with Crippen LogP contribution in [0.4, 0.5) is 5.69 Å². The summed E-state index contributed by atoms with van der Waals surface area (Å²) in [5.74, 6) is -0.545. The SMILES string of the molecule is CCCCCC[C@H](C/C=C\CCCCCCCC(=O)OCCc1ccc(N=C=O)cc1)OC(=O)CCC(=O)OCCc1ccc(OC#N)cc1. The average molecular weight is 689 g/mol. The summed E-state index contributed by atoms with van der Waals surface area (Å²) in [6.07, 6.45) is 20.5. The molecule has 0 aromatic heterocycles. The van der Waals surface area contributed by atoms with Crippen LogP contribution >= 0.6 is 0 Å². The molecule has 0 spiro atoms. The number of isocyanates is 1. The Balaban J connectivity index is 1.55. The molecular weight excluding hydrogens is 636 g/mol. The maximum Gasteiger partial charge on any atom is 0.306 e. The topological polar surface area (TPSA) is 141 Å². The number of nitrogens with zero attached hydrogens (tertiary/aromatic N) is 2. The number of hydrogen-bond acceptors (Lipinski definition) is 10. The van der Waals surface area contributed by atoms with Crippen molar-refractivity contribution in [1.29, 1.82) is 5.26 Å². The van der Waals surface area contributed by atoms with Crippen molar-refractivity contribution in [3.8, 4) is 12.0 Å². The van der Waals surface area contributed by atoms with Crippen molar-refractivity contribution in [2.45, 2.75) is 122 Å². The molecule has 0 saturated carbocycles. The smallest absolute Gasteiger partial charge is 0.306 e. The number of carbonyl (C=O) groups is 3. The van der Waals surface area contributed by atoms with Crippen LogP contribution in [0.3, 0.4) is 0 Å². The molecule has 270 valence electrons. The van der Waals surface area contributed by atoms with Gasteiger partial charge >= 0.3 is 17.9 Å². The number of rotatable bonds is 27. The summed E-state index contributed by atoms with van der Waals surface area (Å²) < 4.78 is 21.1. The molecule has 1 atom stereocenters. The zero-order valence-corrected chi connectivity index (χ0v) is 29.4. The van der Waals surface area contributed by atoms with Gasteiger partial charge in [-0.25, -0.2) is 4.79 Å². The molecule has 0 heterocycles. The van der Waals surface area contributed by atoms with Crippen LogP contribution in [0.2, 0.25) is 0 Å². The molecule has 0 radical (unpaired) electrons. The molecule has 0 aliphatic rings. The summed E-state index contributed by atoms with van der Waals surface area (Å²) in [4.78, 5) is 50.6. The predicted octanol–water partition coefficient (Wildman–Crippen LogP) is 8.72. The number of carbonyl (C=O) groups excluding carboxylic acids is 4. The van der Waals surface area contributed by atoms with Gasteiger partial charge in [-0.3, -0.25) is 14.4 Å². The Labute approximate surface area is 296 Å². The van der Waals surface area contributed by atoms with Gasteiger partial charge in [-0.15, -0.1) is 5.26 Å². The number of nitriles is 1. The maximum atomic E-state index is 12.5. The van der Waals surface area contributed by atoms with E-state index in [0.717, 1.165) is 81.8 Å². The molecule has 10 nitrogen and oxygen atoms in total. The van der Waals surface area contributed by atoms with E-state index < -0.39 is 5.97 Å². The summed E-state index contributed by atoms with van der Waals surface area (Å²) in [6, 6.07) is 14.1. The molecule has 0 fully saturated rings. The van der Waals surface area contributed by atoms with Gasteiger partial charge < -0.3 is 18.9 Å². The zero-order valence-electron chi connectivity index (χ0n) is 29.4. The van der Waals surface area contributed by atoms with Crippen LogP contribution in [0.1, 0.15) is 114 Å². The predicted molar refractivity (Wildman–Crippen MR) is 190 cm³/mol. The van der Waals surface area contributed by atoms with Crippen molar-refractivity contribution < 1.29 is 38.1 Å². The fraction of sp³-hybridized carbons (Fsp3) is 0.525. The second-order valence-corrected chi connectivity index (χ2v) is 12.1. The Morgan fingerprint density at radius 3 is 2.00 bits per heavy atom. The highest BCUT2D eigenvalue weighted by Crippen LogP contribution is 2.16. The summed E-state index contributed by atoms with van der Waals surface area (Å²) in [5.41, 5.74) is 2.50. The number of aliphatic imine (C=N–C) groups is 1. The van der Waals surface area contributed by atoms with Gasteiger partial charge in [0.1, 0.15) is 11.9 Å². The molecule has 50 heavy (non-hydrogen) atoms. The van der Waals surface area contributed by atoms with E-state index >= 15 is 0 Å². The van der Waals surface area contributed by atoms with E-state index in [0.29, 0.717) is 43.7 Å². The molecule has 0 aliphatic heterocycles. The van der Waals surface area contributed by atoms with Crippen molar-refractivity contribution in [3.05, 3.63) is 71.8 Å². The van der Waals surface area contributed by atoms with Crippen LogP contribution < -0.4 is 4.74 Å². The number of ether oxygens (including phenoxy) is 4. The first-order valence-electron chi connectivity index (χ1n) is 17.9. The van der Waals surface area contributed by atoms with Gasteiger partial charge in [-0.1, -0.05) is 81.9 Å². The van der Waals surface area contributed by atoms with Crippen molar-refractivity contribution in [3.63, 3.8) is 0 Å². The Hall–Kier alpha value is -4.74. The van der Waals surface area contributed by atoms with E-state index in [9.17, 15) is 19.2 Å². The maximum absolute atomic E-state index is 12.5. The molecule has 0 N–H and O–H groups in total. The zero-order chi connectivity index (χ0) is 36.1. The standard InChI is InChI=1S/C40H52N2O8/c1-2-3-4-11-14-37(50-40(46)26-25-39(45)48-30-28-34-19-23-36(24-20-34)49-31-41)15-12-9-7-5-6-8-10-13-16-38(44)47-29-27-33-17-21-35(22-18-33)42-32-43/h9,12,17-24,37H,2-8,10-11,13-16,25-30H2,1H3/b12-9-/t37-/m1/s1. The molecule has 0 bridgehead atoms. The number of unbranched alkanes of at least 4 members (excludes halogenated alkanes) is 8. The van der Waals surface area contributed by atoms with E-state index in [1.165, 1.54) is 6.08 Å². The number of hydrogen-bond donors (Lipinski definition) is 0. The minimum Gasteiger partial charge on any atom is -0.465 e. The third-order valence-corrected chi connectivity index (χ3v) is 8.03. The van der Waals surface area contributed by atoms with Crippen LogP contribution in [0.5, 0.6) is 5.75 Å². The Kier molecular flexibility index (Phi) is 22.5. The van der Waals surface area contributed by atoms with Gasteiger partial charge in [0.15, 0.2) is 0 Å². The van der Waals surface area contributed by atoms with Crippen molar-refractivity contribution in [1.82, 2.24) is 0 Å². The summed E-state index contributed by atoms with van der Waals surface area (Å²) in [7, 11) is 0. The lowest BCUT2D eigenvalue weighted by Crippen LogP contribution is -2.19. The Bertz CT molecular complexity index is 1380. The molecule has 0 aliphatic carbocycles. The van der Waals surface area contributed by atoms with Gasteiger partial charge in [0, 0.05) is 25.7 Å². The lowest BCUT2D eigenvalue weighted by Gasteiger charge is -2.16. The number of esters is 3. The number of allylic oxidation sites excluding steroid dienone is 1. The van der Waals surface area contributed by atoms with E-state index in [2.05, 4.69) is 24.1 Å².